The molecule has 0 N–H and O–H groups in total. The van der Waals surface area contributed by atoms with Gasteiger partial charge in [-0.3, -0.25) is 4.79 Å². The van der Waals surface area contributed by atoms with Crippen LogP contribution < -0.4 is 0 Å². The second kappa shape index (κ2) is 5.45. The van der Waals surface area contributed by atoms with Gasteiger partial charge in [0.25, 0.3) is 0 Å². The number of rotatable bonds is 4. The third-order valence-corrected chi connectivity index (χ3v) is 3.76. The quantitative estimate of drug-likeness (QED) is 0.864. The highest BCUT2D eigenvalue weighted by atomic mass is 19.4. The van der Waals surface area contributed by atoms with Crippen LogP contribution in [0.15, 0.2) is 28.8 Å². The average Bonchev–Trinajstić information content (AvgIpc) is 2.95. The number of carbonyl (C=O) groups is 1. The Hall–Kier alpha value is -2.22. The topological polar surface area (TPSA) is 65.2 Å². The van der Waals surface area contributed by atoms with Gasteiger partial charge in [0.1, 0.15) is 5.78 Å². The van der Waals surface area contributed by atoms with Crippen LogP contribution in [0.1, 0.15) is 18.4 Å². The number of Topliss-reactive ketones (excluding diaryl/α,β-unsaturated/α-hetero) is 1. The summed E-state index contributed by atoms with van der Waals surface area (Å²) in [7, 11) is 0. The second-order valence-electron chi connectivity index (χ2n) is 5.77. The first-order chi connectivity index (χ1) is 10.8. The molecular weight excluding hydrogens is 313 g/mol. The molecule has 0 radical (unpaired) electrons. The Balaban J connectivity index is 1.72. The molecule has 122 valence electrons. The van der Waals surface area contributed by atoms with Crippen LogP contribution in [0.3, 0.4) is 0 Å². The fourth-order valence-corrected chi connectivity index (χ4v) is 2.20. The van der Waals surface area contributed by atoms with E-state index >= 15 is 0 Å². The molecule has 5 nitrogen and oxygen atoms in total. The van der Waals surface area contributed by atoms with Gasteiger partial charge < -0.3 is 9.26 Å². The molecule has 8 heteroatoms. The van der Waals surface area contributed by atoms with Gasteiger partial charge in [-0.1, -0.05) is 29.4 Å². The Kier molecular flexibility index (Phi) is 3.71. The summed E-state index contributed by atoms with van der Waals surface area (Å²) < 4.78 is 46.5. The van der Waals surface area contributed by atoms with Crippen molar-refractivity contribution in [2.45, 2.75) is 19.5 Å². The molecule has 0 atom stereocenters. The van der Waals surface area contributed by atoms with E-state index in [1.165, 1.54) is 0 Å². The summed E-state index contributed by atoms with van der Waals surface area (Å²) >= 11 is 0. The van der Waals surface area contributed by atoms with E-state index in [-0.39, 0.29) is 18.0 Å². The minimum Gasteiger partial charge on any atom is -0.379 e. The van der Waals surface area contributed by atoms with Crippen molar-refractivity contribution in [2.75, 3.05) is 13.2 Å². The molecule has 1 fully saturated rings. The first-order valence-electron chi connectivity index (χ1n) is 6.89. The molecule has 0 bridgehead atoms. The van der Waals surface area contributed by atoms with Gasteiger partial charge in [-0.25, -0.2) is 0 Å². The van der Waals surface area contributed by atoms with Gasteiger partial charge in [-0.2, -0.15) is 18.2 Å². The predicted octanol–water partition coefficient (Wildman–Crippen LogP) is 2.90. The van der Waals surface area contributed by atoms with Crippen LogP contribution in [0.5, 0.6) is 0 Å². The van der Waals surface area contributed by atoms with E-state index in [1.54, 1.807) is 24.3 Å². The number of alkyl halides is 3. The summed E-state index contributed by atoms with van der Waals surface area (Å²) in [5.74, 6) is -1.45. The second-order valence-corrected chi connectivity index (χ2v) is 5.77. The molecule has 0 amide bonds. The smallest absolute Gasteiger partial charge is 0.379 e. The average molecular weight is 326 g/mol. The van der Waals surface area contributed by atoms with Crippen LogP contribution in [0.4, 0.5) is 13.2 Å². The van der Waals surface area contributed by atoms with Crippen molar-refractivity contribution < 1.29 is 27.2 Å². The van der Waals surface area contributed by atoms with Gasteiger partial charge in [-0.15, -0.1) is 0 Å². The van der Waals surface area contributed by atoms with E-state index in [4.69, 9.17) is 4.74 Å². The Morgan fingerprint density at radius 2 is 1.91 bits per heavy atom. The maximum absolute atomic E-state index is 12.4. The van der Waals surface area contributed by atoms with E-state index < -0.39 is 17.5 Å². The fourth-order valence-electron chi connectivity index (χ4n) is 2.20. The lowest BCUT2D eigenvalue weighted by Crippen LogP contribution is -2.47. The van der Waals surface area contributed by atoms with Crippen LogP contribution in [-0.2, 0) is 22.1 Å². The number of benzene rings is 1. The minimum absolute atomic E-state index is 0.0791. The molecule has 0 spiro atoms. The molecule has 1 aliphatic heterocycles. The maximum Gasteiger partial charge on any atom is 0.471 e. The number of hydrogen-bond donors (Lipinski definition) is 0. The highest BCUT2D eigenvalue weighted by molar-refractivity contribution is 5.87. The first-order valence-corrected chi connectivity index (χ1v) is 6.89. The fraction of sp³-hybridized carbons (Fsp3) is 0.400. The SMILES string of the molecule is CC1(C(=O)Cc2ccc(-c3noc(C(F)(F)F)n3)cc2)COC1. The zero-order valence-corrected chi connectivity index (χ0v) is 12.2. The van der Waals surface area contributed by atoms with Gasteiger partial charge in [-0.05, 0) is 12.5 Å². The van der Waals surface area contributed by atoms with Gasteiger partial charge in [0.15, 0.2) is 0 Å². The normalized spacial score (nSPS) is 16.9. The maximum atomic E-state index is 12.4. The number of ketones is 1. The highest BCUT2D eigenvalue weighted by Crippen LogP contribution is 2.30. The Bertz CT molecular complexity index is 718. The summed E-state index contributed by atoms with van der Waals surface area (Å²) in [5, 5.41) is 3.32. The van der Waals surface area contributed by atoms with Crippen molar-refractivity contribution in [3.8, 4) is 11.4 Å². The minimum atomic E-state index is -4.67. The van der Waals surface area contributed by atoms with Crippen LogP contribution in [0.2, 0.25) is 0 Å². The number of carbonyl (C=O) groups excluding carboxylic acids is 1. The van der Waals surface area contributed by atoms with E-state index in [1.807, 2.05) is 6.92 Å². The summed E-state index contributed by atoms with van der Waals surface area (Å²) in [6, 6.07) is 6.46. The number of aromatic nitrogens is 2. The standard InChI is InChI=1S/C15H13F3N2O3/c1-14(7-22-8-14)11(21)6-9-2-4-10(5-3-9)12-19-13(23-20-12)15(16,17)18/h2-5H,6-8H2,1H3. The summed E-state index contributed by atoms with van der Waals surface area (Å²) in [4.78, 5) is 15.5. The Morgan fingerprint density at radius 1 is 1.26 bits per heavy atom. The van der Waals surface area contributed by atoms with Crippen molar-refractivity contribution in [3.63, 3.8) is 0 Å². The number of halogens is 3. The third kappa shape index (κ3) is 3.12. The molecule has 2 aromatic rings. The summed E-state index contributed by atoms with van der Waals surface area (Å²) in [6.07, 6.45) is -4.42. The molecule has 1 aromatic heterocycles. The van der Waals surface area contributed by atoms with Crippen LogP contribution in [0.25, 0.3) is 11.4 Å². The van der Waals surface area contributed by atoms with Crippen molar-refractivity contribution in [3.05, 3.63) is 35.7 Å². The first kappa shape index (κ1) is 15.7. The lowest BCUT2D eigenvalue weighted by Gasteiger charge is -2.36. The van der Waals surface area contributed by atoms with Gasteiger partial charge >= 0.3 is 12.1 Å². The predicted molar refractivity (Wildman–Crippen MR) is 72.4 cm³/mol. The van der Waals surface area contributed by atoms with Crippen molar-refractivity contribution in [2.24, 2.45) is 5.41 Å². The largest absolute Gasteiger partial charge is 0.471 e. The molecule has 0 saturated carbocycles. The van der Waals surface area contributed by atoms with Crippen LogP contribution in [-0.4, -0.2) is 29.1 Å². The van der Waals surface area contributed by atoms with Crippen LogP contribution in [0, 0.1) is 5.41 Å². The molecule has 23 heavy (non-hydrogen) atoms. The molecule has 1 aliphatic rings. The Morgan fingerprint density at radius 3 is 2.39 bits per heavy atom. The van der Waals surface area contributed by atoms with E-state index in [2.05, 4.69) is 14.7 Å². The van der Waals surface area contributed by atoms with E-state index in [9.17, 15) is 18.0 Å². The zero-order valence-electron chi connectivity index (χ0n) is 12.2. The summed E-state index contributed by atoms with van der Waals surface area (Å²) in [6.45, 7) is 2.70. The molecule has 1 saturated heterocycles. The molecular formula is C15H13F3N2O3. The van der Waals surface area contributed by atoms with Crippen molar-refractivity contribution in [1.29, 1.82) is 0 Å². The van der Waals surface area contributed by atoms with Gasteiger partial charge in [0.2, 0.25) is 5.82 Å². The zero-order chi connectivity index (χ0) is 16.7. The molecule has 0 aliphatic carbocycles. The lowest BCUT2D eigenvalue weighted by atomic mass is 9.81. The number of ether oxygens (including phenoxy) is 1. The molecule has 3 rings (SSSR count). The van der Waals surface area contributed by atoms with E-state index in [0.717, 1.165) is 5.56 Å². The van der Waals surface area contributed by atoms with Crippen molar-refractivity contribution >= 4 is 5.78 Å². The highest BCUT2D eigenvalue weighted by Gasteiger charge is 2.40. The van der Waals surface area contributed by atoms with Crippen LogP contribution >= 0.6 is 0 Å². The number of nitrogens with zero attached hydrogens (tertiary/aromatic N) is 2. The van der Waals surface area contributed by atoms with Gasteiger partial charge in [0, 0.05) is 12.0 Å². The Labute approximate surface area is 129 Å². The monoisotopic (exact) mass is 326 g/mol. The van der Waals surface area contributed by atoms with Gasteiger partial charge in [0.05, 0.1) is 18.6 Å². The number of hydrogen-bond acceptors (Lipinski definition) is 5. The lowest BCUT2D eigenvalue weighted by molar-refractivity contribution is -0.159. The molecule has 0 unspecified atom stereocenters. The van der Waals surface area contributed by atoms with Crippen molar-refractivity contribution in [1.82, 2.24) is 10.1 Å². The third-order valence-electron chi connectivity index (χ3n) is 3.76. The molecule has 2 heterocycles. The van der Waals surface area contributed by atoms with E-state index in [0.29, 0.717) is 18.8 Å². The summed E-state index contributed by atoms with van der Waals surface area (Å²) in [5.41, 5.74) is 0.721. The molecule has 1 aromatic carbocycles.